The molecule has 0 spiro atoms. The van der Waals surface area contributed by atoms with E-state index in [1.807, 2.05) is 6.08 Å². The zero-order valence-electron chi connectivity index (χ0n) is 12.5. The Bertz CT molecular complexity index is 996. The molecule has 0 aromatic carbocycles. The fourth-order valence-corrected chi connectivity index (χ4v) is 2.65. The number of hydrogen-bond donors (Lipinski definition) is 1. The lowest BCUT2D eigenvalue weighted by molar-refractivity contribution is 0.708. The van der Waals surface area contributed by atoms with Crippen molar-refractivity contribution in [2.75, 3.05) is 0 Å². The Kier molecular flexibility index (Phi) is 3.09. The topological polar surface area (TPSA) is 72.7 Å². The van der Waals surface area contributed by atoms with Crippen molar-refractivity contribution in [2.45, 2.75) is 6.42 Å². The second-order valence-electron chi connectivity index (χ2n) is 5.22. The van der Waals surface area contributed by atoms with Gasteiger partial charge in [-0.15, -0.1) is 0 Å². The molecule has 0 bridgehead atoms. The van der Waals surface area contributed by atoms with Crippen molar-refractivity contribution >= 4 is 16.7 Å². The quantitative estimate of drug-likeness (QED) is 0.931. The van der Waals surface area contributed by atoms with Gasteiger partial charge in [-0.3, -0.25) is 13.9 Å². The second-order valence-corrected chi connectivity index (χ2v) is 5.22. The largest absolute Gasteiger partial charge is 0.332 e. The highest BCUT2D eigenvalue weighted by Crippen LogP contribution is 2.32. The van der Waals surface area contributed by atoms with E-state index in [2.05, 4.69) is 23.1 Å². The lowest BCUT2D eigenvalue weighted by Crippen LogP contribution is -2.36. The van der Waals surface area contributed by atoms with Gasteiger partial charge in [0.1, 0.15) is 11.3 Å². The molecule has 0 aliphatic heterocycles. The molecule has 0 unspecified atom stereocenters. The Morgan fingerprint density at radius 3 is 2.55 bits per heavy atom. The number of aryl methyl sites for hydroxylation is 1. The molecular weight excluding hydrogens is 280 g/mol. The minimum Gasteiger partial charge on any atom is -0.332 e. The number of allylic oxidation sites excluding steroid dienone is 6. The number of H-pyrrole nitrogens is 1. The van der Waals surface area contributed by atoms with Crippen molar-refractivity contribution in [2.24, 2.45) is 14.1 Å². The summed E-state index contributed by atoms with van der Waals surface area (Å²) in [5.74, 6) is 0.588. The number of imidazole rings is 1. The van der Waals surface area contributed by atoms with E-state index < -0.39 is 5.69 Å². The Hall–Kier alpha value is -2.89. The van der Waals surface area contributed by atoms with Gasteiger partial charge in [0.2, 0.25) is 0 Å². The predicted molar refractivity (Wildman–Crippen MR) is 86.6 cm³/mol. The second kappa shape index (κ2) is 4.84. The van der Waals surface area contributed by atoms with Crippen LogP contribution in [0, 0.1) is 0 Å². The van der Waals surface area contributed by atoms with E-state index in [1.165, 1.54) is 11.6 Å². The molecule has 0 amide bonds. The molecule has 6 heteroatoms. The van der Waals surface area contributed by atoms with Crippen LogP contribution < -0.4 is 11.2 Å². The van der Waals surface area contributed by atoms with Gasteiger partial charge in [0.05, 0.1) is 0 Å². The minimum absolute atomic E-state index is 0.327. The summed E-state index contributed by atoms with van der Waals surface area (Å²) in [4.78, 5) is 31.6. The molecule has 22 heavy (non-hydrogen) atoms. The Morgan fingerprint density at radius 1 is 1.23 bits per heavy atom. The van der Waals surface area contributed by atoms with Crippen molar-refractivity contribution in [1.29, 1.82) is 0 Å². The van der Waals surface area contributed by atoms with Crippen LogP contribution >= 0.6 is 0 Å². The van der Waals surface area contributed by atoms with Gasteiger partial charge in [-0.05, 0) is 22.8 Å². The monoisotopic (exact) mass is 296 g/mol. The highest BCUT2D eigenvalue weighted by molar-refractivity contribution is 5.79. The predicted octanol–water partition coefficient (Wildman–Crippen LogP) is 1.42. The van der Waals surface area contributed by atoms with Gasteiger partial charge in [-0.1, -0.05) is 25.3 Å². The number of aromatic amines is 1. The maximum Gasteiger partial charge on any atom is 0.332 e. The van der Waals surface area contributed by atoms with Crippen molar-refractivity contribution in [3.05, 3.63) is 69.2 Å². The Balaban J connectivity index is 2.21. The Morgan fingerprint density at radius 2 is 1.95 bits per heavy atom. The van der Waals surface area contributed by atoms with Gasteiger partial charge in [0.25, 0.3) is 5.56 Å². The maximum absolute atomic E-state index is 12.2. The maximum atomic E-state index is 12.2. The highest BCUT2D eigenvalue weighted by Gasteiger charge is 2.19. The van der Waals surface area contributed by atoms with Crippen LogP contribution in [0.3, 0.4) is 0 Å². The van der Waals surface area contributed by atoms with E-state index in [0.29, 0.717) is 23.4 Å². The zero-order valence-corrected chi connectivity index (χ0v) is 12.5. The van der Waals surface area contributed by atoms with Crippen LogP contribution in [0.1, 0.15) is 12.2 Å². The Labute approximate surface area is 126 Å². The van der Waals surface area contributed by atoms with Crippen molar-refractivity contribution < 1.29 is 0 Å². The van der Waals surface area contributed by atoms with Gasteiger partial charge >= 0.3 is 5.69 Å². The summed E-state index contributed by atoms with van der Waals surface area (Å²) in [6.07, 6.45) is 6.18. The number of fused-ring (bicyclic) bond motifs is 1. The lowest BCUT2D eigenvalue weighted by Gasteiger charge is -2.00. The average Bonchev–Trinajstić information content (AvgIpc) is 3.14. The summed E-state index contributed by atoms with van der Waals surface area (Å²) >= 11 is 0. The number of nitrogens with one attached hydrogen (secondary N) is 1. The summed E-state index contributed by atoms with van der Waals surface area (Å²) < 4.78 is 2.43. The van der Waals surface area contributed by atoms with Gasteiger partial charge < -0.3 is 4.98 Å². The van der Waals surface area contributed by atoms with Crippen LogP contribution in [0.4, 0.5) is 0 Å². The van der Waals surface area contributed by atoms with Crippen LogP contribution in [-0.4, -0.2) is 19.1 Å². The van der Waals surface area contributed by atoms with E-state index in [1.54, 1.807) is 19.2 Å². The summed E-state index contributed by atoms with van der Waals surface area (Å²) in [5.41, 5.74) is 2.91. The summed E-state index contributed by atoms with van der Waals surface area (Å²) in [6, 6.07) is 0. The highest BCUT2D eigenvalue weighted by atomic mass is 16.2. The fourth-order valence-electron chi connectivity index (χ4n) is 2.65. The number of rotatable bonds is 3. The van der Waals surface area contributed by atoms with Crippen molar-refractivity contribution in [3.8, 4) is 0 Å². The summed E-state index contributed by atoms with van der Waals surface area (Å²) in [7, 11) is 3.05. The molecule has 6 nitrogen and oxygen atoms in total. The number of aromatic nitrogens is 4. The molecule has 1 aliphatic rings. The molecule has 0 saturated carbocycles. The molecule has 3 rings (SSSR count). The van der Waals surface area contributed by atoms with Crippen LogP contribution in [0.25, 0.3) is 16.7 Å². The smallest absolute Gasteiger partial charge is 0.332 e. The molecule has 1 aliphatic carbocycles. The normalized spacial score (nSPS) is 14.5. The van der Waals surface area contributed by atoms with E-state index in [9.17, 15) is 9.59 Å². The third-order valence-electron chi connectivity index (χ3n) is 3.95. The molecule has 2 heterocycles. The molecular formula is C16H16N4O2. The lowest BCUT2D eigenvalue weighted by atomic mass is 10.1. The van der Waals surface area contributed by atoms with Crippen LogP contribution in [-0.2, 0) is 14.1 Å². The van der Waals surface area contributed by atoms with Gasteiger partial charge in [0, 0.05) is 20.5 Å². The molecule has 1 N–H and O–H groups in total. The first-order chi connectivity index (χ1) is 10.5. The average molecular weight is 296 g/mol. The van der Waals surface area contributed by atoms with Gasteiger partial charge in [-0.2, -0.15) is 0 Å². The van der Waals surface area contributed by atoms with Crippen molar-refractivity contribution in [3.63, 3.8) is 0 Å². The molecule has 0 atom stereocenters. The standard InChI is InChI=1S/C16H16N4O2/c1-5-9-7-11(8-10(9)6-2)13-17-12-14(18-13)19(3)16(22)20(4)15(12)21/h5-7H,1-2,8H2,3-4H3,(H,17,18). The van der Waals surface area contributed by atoms with Crippen LogP contribution in [0.2, 0.25) is 0 Å². The summed E-state index contributed by atoms with van der Waals surface area (Å²) in [5, 5.41) is 0. The third-order valence-corrected chi connectivity index (χ3v) is 3.95. The van der Waals surface area contributed by atoms with Crippen LogP contribution in [0.5, 0.6) is 0 Å². The minimum atomic E-state index is -0.396. The van der Waals surface area contributed by atoms with Gasteiger partial charge in [-0.25, -0.2) is 9.78 Å². The molecule has 0 fully saturated rings. The van der Waals surface area contributed by atoms with Crippen molar-refractivity contribution in [1.82, 2.24) is 19.1 Å². The molecule has 2 aromatic heterocycles. The van der Waals surface area contributed by atoms with E-state index in [-0.39, 0.29) is 5.56 Å². The molecule has 0 radical (unpaired) electrons. The third kappa shape index (κ3) is 1.84. The van der Waals surface area contributed by atoms with Gasteiger partial charge in [0.15, 0.2) is 5.65 Å². The first-order valence-electron chi connectivity index (χ1n) is 6.82. The molecule has 2 aromatic rings. The number of hydrogen-bond acceptors (Lipinski definition) is 3. The van der Waals surface area contributed by atoms with E-state index >= 15 is 0 Å². The fraction of sp³-hybridized carbons (Fsp3) is 0.188. The summed E-state index contributed by atoms with van der Waals surface area (Å²) in [6.45, 7) is 7.58. The van der Waals surface area contributed by atoms with E-state index in [0.717, 1.165) is 21.3 Å². The zero-order chi connectivity index (χ0) is 16.0. The first kappa shape index (κ1) is 14.1. The SMILES string of the molecule is C=CC1=C(C=C)CC(c2nc3c([nH]2)c(=O)n(C)c(=O)n3C)=C1. The molecule has 112 valence electrons. The van der Waals surface area contributed by atoms with E-state index in [4.69, 9.17) is 0 Å². The van der Waals surface area contributed by atoms with Crippen LogP contribution in [0.15, 0.2) is 52.1 Å². The molecule has 0 saturated heterocycles. The first-order valence-corrected chi connectivity index (χ1v) is 6.82. The number of nitrogens with zero attached hydrogens (tertiary/aromatic N) is 3.